The summed E-state index contributed by atoms with van der Waals surface area (Å²) in [6, 6.07) is 5.21. The van der Waals surface area contributed by atoms with Gasteiger partial charge in [-0.15, -0.1) is 0 Å². The lowest BCUT2D eigenvalue weighted by Gasteiger charge is -2.21. The minimum absolute atomic E-state index is 0.0721. The van der Waals surface area contributed by atoms with Crippen molar-refractivity contribution in [3.63, 3.8) is 0 Å². The van der Waals surface area contributed by atoms with E-state index in [9.17, 15) is 10.1 Å². The van der Waals surface area contributed by atoms with E-state index in [0.717, 1.165) is 10.9 Å². The molecule has 0 atom stereocenters. The summed E-state index contributed by atoms with van der Waals surface area (Å²) in [6.45, 7) is 7.88. The van der Waals surface area contributed by atoms with Gasteiger partial charge < -0.3 is 5.73 Å². The van der Waals surface area contributed by atoms with Crippen LogP contribution < -0.4 is 5.73 Å². The molecule has 1 heterocycles. The molecule has 1 aromatic heterocycles. The van der Waals surface area contributed by atoms with E-state index in [0.29, 0.717) is 16.9 Å². The molecule has 0 saturated carbocycles. The second kappa shape index (κ2) is 4.19. The van der Waals surface area contributed by atoms with E-state index < -0.39 is 4.92 Å². The second-order valence-electron chi connectivity index (χ2n) is 5.71. The van der Waals surface area contributed by atoms with Crippen LogP contribution in [0.1, 0.15) is 31.9 Å². The quantitative estimate of drug-likeness (QED) is 0.629. The van der Waals surface area contributed by atoms with Crippen molar-refractivity contribution in [3.8, 4) is 0 Å². The number of aromatic nitrogens is 1. The molecule has 19 heavy (non-hydrogen) atoms. The number of nitrogens with two attached hydrogens (primary N) is 1. The molecule has 0 unspecified atom stereocenters. The van der Waals surface area contributed by atoms with Crippen LogP contribution >= 0.6 is 0 Å². The van der Waals surface area contributed by atoms with Gasteiger partial charge in [-0.1, -0.05) is 20.8 Å². The third-order valence-electron chi connectivity index (χ3n) is 3.25. The Labute approximate surface area is 111 Å². The maximum absolute atomic E-state index is 10.9. The number of hydrogen-bond acceptors (Lipinski definition) is 4. The van der Waals surface area contributed by atoms with Gasteiger partial charge in [0.1, 0.15) is 5.82 Å². The molecule has 0 bridgehead atoms. The lowest BCUT2D eigenvalue weighted by molar-refractivity contribution is -0.385. The standard InChI is InChI=1S/C14H17N3O2/c1-8-11(17(18)19)6-5-9-7-10(14(2,3)4)13(15)16-12(8)9/h5-7H,1-4H3,(H2,15,16). The van der Waals surface area contributed by atoms with E-state index >= 15 is 0 Å². The molecule has 0 saturated heterocycles. The van der Waals surface area contributed by atoms with E-state index in [1.54, 1.807) is 13.0 Å². The summed E-state index contributed by atoms with van der Waals surface area (Å²) in [5.74, 6) is 0.434. The average Bonchev–Trinajstić information content (AvgIpc) is 2.27. The fourth-order valence-electron chi connectivity index (χ4n) is 2.18. The summed E-state index contributed by atoms with van der Waals surface area (Å²) in [7, 11) is 0. The fourth-order valence-corrected chi connectivity index (χ4v) is 2.18. The van der Waals surface area contributed by atoms with Gasteiger partial charge in [-0.2, -0.15) is 0 Å². The molecular weight excluding hydrogens is 242 g/mol. The van der Waals surface area contributed by atoms with Gasteiger partial charge in [0.05, 0.1) is 16.0 Å². The molecule has 0 fully saturated rings. The van der Waals surface area contributed by atoms with E-state index in [4.69, 9.17) is 5.73 Å². The molecule has 5 nitrogen and oxygen atoms in total. The Hall–Kier alpha value is -2.17. The highest BCUT2D eigenvalue weighted by atomic mass is 16.6. The second-order valence-corrected chi connectivity index (χ2v) is 5.71. The number of aryl methyl sites for hydroxylation is 1. The minimum Gasteiger partial charge on any atom is -0.383 e. The van der Waals surface area contributed by atoms with Crippen molar-refractivity contribution < 1.29 is 4.92 Å². The van der Waals surface area contributed by atoms with Crippen LogP contribution in [0.2, 0.25) is 0 Å². The van der Waals surface area contributed by atoms with E-state index in [1.165, 1.54) is 6.07 Å². The van der Waals surface area contributed by atoms with Gasteiger partial charge in [0.25, 0.3) is 5.69 Å². The SMILES string of the molecule is Cc1c([N+](=O)[O-])ccc2cc(C(C)(C)C)c(N)nc12. The predicted molar refractivity (Wildman–Crippen MR) is 76.2 cm³/mol. The summed E-state index contributed by atoms with van der Waals surface area (Å²) >= 11 is 0. The maximum atomic E-state index is 10.9. The molecule has 2 N–H and O–H groups in total. The number of fused-ring (bicyclic) bond motifs is 1. The first kappa shape index (κ1) is 13.3. The Balaban J connectivity index is 2.79. The molecule has 0 spiro atoms. The van der Waals surface area contributed by atoms with Crippen LogP contribution in [0.3, 0.4) is 0 Å². The number of benzene rings is 1. The van der Waals surface area contributed by atoms with Crippen LogP contribution in [0.4, 0.5) is 11.5 Å². The zero-order valence-electron chi connectivity index (χ0n) is 11.5. The molecule has 2 rings (SSSR count). The summed E-state index contributed by atoms with van der Waals surface area (Å²) < 4.78 is 0. The number of nitrogens with zero attached hydrogens (tertiary/aromatic N) is 2. The Morgan fingerprint density at radius 3 is 2.47 bits per heavy atom. The molecule has 5 heteroatoms. The van der Waals surface area contributed by atoms with Crippen LogP contribution in [-0.4, -0.2) is 9.91 Å². The van der Waals surface area contributed by atoms with Gasteiger partial charge in [-0.3, -0.25) is 10.1 Å². The zero-order chi connectivity index (χ0) is 14.4. The lowest BCUT2D eigenvalue weighted by atomic mass is 9.86. The number of rotatable bonds is 1. The van der Waals surface area contributed by atoms with Gasteiger partial charge in [0.2, 0.25) is 0 Å². The number of nitro benzene ring substituents is 1. The van der Waals surface area contributed by atoms with Crippen molar-refractivity contribution in [2.75, 3.05) is 5.73 Å². The molecule has 0 aliphatic carbocycles. The molecule has 0 radical (unpaired) electrons. The lowest BCUT2D eigenvalue weighted by Crippen LogP contribution is -2.15. The van der Waals surface area contributed by atoms with Crippen molar-refractivity contribution in [2.24, 2.45) is 0 Å². The highest BCUT2D eigenvalue weighted by Gasteiger charge is 2.21. The normalized spacial score (nSPS) is 11.8. The van der Waals surface area contributed by atoms with Gasteiger partial charge >= 0.3 is 0 Å². The molecule has 0 aliphatic rings. The first-order valence-electron chi connectivity index (χ1n) is 6.06. The maximum Gasteiger partial charge on any atom is 0.274 e. The van der Waals surface area contributed by atoms with Crippen molar-refractivity contribution >= 4 is 22.4 Å². The number of hydrogen-bond donors (Lipinski definition) is 1. The first-order valence-corrected chi connectivity index (χ1v) is 6.06. The zero-order valence-corrected chi connectivity index (χ0v) is 11.5. The van der Waals surface area contributed by atoms with Gasteiger partial charge in [0.15, 0.2) is 0 Å². The fraction of sp³-hybridized carbons (Fsp3) is 0.357. The Kier molecular flexibility index (Phi) is 2.92. The van der Waals surface area contributed by atoms with Gasteiger partial charge in [0, 0.05) is 17.0 Å². The summed E-state index contributed by atoms with van der Waals surface area (Å²) in [6.07, 6.45) is 0. The Bertz CT molecular complexity index is 672. The predicted octanol–water partition coefficient (Wildman–Crippen LogP) is 3.33. The number of anilines is 1. The van der Waals surface area contributed by atoms with Crippen LogP contribution in [-0.2, 0) is 5.41 Å². The summed E-state index contributed by atoms with van der Waals surface area (Å²) in [5, 5.41) is 11.8. The molecule has 1 aromatic carbocycles. The van der Waals surface area contributed by atoms with Crippen LogP contribution in [0.5, 0.6) is 0 Å². The van der Waals surface area contributed by atoms with Gasteiger partial charge in [-0.25, -0.2) is 4.98 Å². The molecule has 2 aromatic rings. The van der Waals surface area contributed by atoms with Crippen LogP contribution in [0, 0.1) is 17.0 Å². The average molecular weight is 259 g/mol. The van der Waals surface area contributed by atoms with Crippen molar-refractivity contribution in [1.82, 2.24) is 4.98 Å². The third kappa shape index (κ3) is 2.23. The number of nitrogen functional groups attached to an aromatic ring is 1. The molecule has 100 valence electrons. The smallest absolute Gasteiger partial charge is 0.274 e. The van der Waals surface area contributed by atoms with Crippen molar-refractivity contribution in [1.29, 1.82) is 0 Å². The summed E-state index contributed by atoms with van der Waals surface area (Å²) in [4.78, 5) is 14.9. The van der Waals surface area contributed by atoms with Crippen molar-refractivity contribution in [2.45, 2.75) is 33.1 Å². The molecular formula is C14H17N3O2. The topological polar surface area (TPSA) is 82.0 Å². The van der Waals surface area contributed by atoms with Crippen LogP contribution in [0.15, 0.2) is 18.2 Å². The molecule has 0 aliphatic heterocycles. The van der Waals surface area contributed by atoms with E-state index in [-0.39, 0.29) is 11.1 Å². The Morgan fingerprint density at radius 1 is 1.32 bits per heavy atom. The number of nitro groups is 1. The third-order valence-corrected chi connectivity index (χ3v) is 3.25. The highest BCUT2D eigenvalue weighted by molar-refractivity contribution is 5.87. The Morgan fingerprint density at radius 2 is 1.95 bits per heavy atom. The van der Waals surface area contributed by atoms with Crippen molar-refractivity contribution in [3.05, 3.63) is 39.4 Å². The summed E-state index contributed by atoms with van der Waals surface area (Å²) in [5.41, 5.74) is 8.05. The molecule has 0 amide bonds. The highest BCUT2D eigenvalue weighted by Crippen LogP contribution is 2.32. The first-order chi connectivity index (χ1) is 8.71. The van der Waals surface area contributed by atoms with Crippen LogP contribution in [0.25, 0.3) is 10.9 Å². The largest absolute Gasteiger partial charge is 0.383 e. The number of pyridine rings is 1. The minimum atomic E-state index is -0.398. The van der Waals surface area contributed by atoms with Gasteiger partial charge in [-0.05, 0) is 24.5 Å². The van der Waals surface area contributed by atoms with E-state index in [1.807, 2.05) is 6.07 Å². The monoisotopic (exact) mass is 259 g/mol. The van der Waals surface area contributed by atoms with E-state index in [2.05, 4.69) is 25.8 Å².